The number of carbonyl (C=O) groups is 1. The third-order valence-corrected chi connectivity index (χ3v) is 5.17. The lowest BCUT2D eigenvalue weighted by Gasteiger charge is -2.02. The average molecular weight is 340 g/mol. The number of hydrogen-bond donors (Lipinski definition) is 1. The van der Waals surface area contributed by atoms with Gasteiger partial charge >= 0.3 is 5.97 Å². The third kappa shape index (κ3) is 3.10. The first-order valence-corrected chi connectivity index (χ1v) is 8.74. The second kappa shape index (κ2) is 6.20. The molecule has 0 amide bonds. The monoisotopic (exact) mass is 340 g/mol. The van der Waals surface area contributed by atoms with Gasteiger partial charge in [0.1, 0.15) is 16.5 Å². The Morgan fingerprint density at radius 3 is 2.92 bits per heavy atom. The van der Waals surface area contributed by atoms with Crippen LogP contribution in [0.15, 0.2) is 35.1 Å². The lowest BCUT2D eigenvalue weighted by Crippen LogP contribution is -1.96. The van der Waals surface area contributed by atoms with Crippen LogP contribution in [0.25, 0.3) is 21.9 Å². The fraction of sp³-hybridized carbons (Fsp3) is 0.278. The number of hydrogen-bond acceptors (Lipinski definition) is 5. The molecule has 0 unspecified atom stereocenters. The molecule has 0 aliphatic heterocycles. The highest BCUT2D eigenvalue weighted by atomic mass is 32.1. The Bertz CT molecular complexity index is 888. The summed E-state index contributed by atoms with van der Waals surface area (Å²) in [5.74, 6) is 0.545. The summed E-state index contributed by atoms with van der Waals surface area (Å²) in [7, 11) is 0. The number of thiazole rings is 1. The third-order valence-electron chi connectivity index (χ3n) is 4.06. The summed E-state index contributed by atoms with van der Waals surface area (Å²) in [6, 6.07) is 7.93. The minimum Gasteiger partial charge on any atom is -0.481 e. The highest BCUT2D eigenvalue weighted by molar-refractivity contribution is 7.19. The zero-order chi connectivity index (χ0) is 16.5. The van der Waals surface area contributed by atoms with Gasteiger partial charge in [0, 0.05) is 12.3 Å². The molecule has 1 saturated carbocycles. The highest BCUT2D eigenvalue weighted by Gasteiger charge is 2.29. The number of aromatic nitrogens is 2. The maximum Gasteiger partial charge on any atom is 0.303 e. The zero-order valence-electron chi connectivity index (χ0n) is 12.9. The van der Waals surface area contributed by atoms with Gasteiger partial charge in [0.25, 0.3) is 0 Å². The Morgan fingerprint density at radius 2 is 2.17 bits per heavy atom. The van der Waals surface area contributed by atoms with Crippen LogP contribution in [0.2, 0.25) is 0 Å². The predicted molar refractivity (Wildman–Crippen MR) is 92.8 cm³/mol. The van der Waals surface area contributed by atoms with Crippen molar-refractivity contribution in [2.24, 2.45) is 0 Å². The first-order valence-electron chi connectivity index (χ1n) is 7.92. The summed E-state index contributed by atoms with van der Waals surface area (Å²) in [4.78, 5) is 20.0. The molecule has 2 heterocycles. The van der Waals surface area contributed by atoms with Gasteiger partial charge in [-0.15, -0.1) is 11.3 Å². The van der Waals surface area contributed by atoms with Gasteiger partial charge in [-0.1, -0.05) is 12.1 Å². The summed E-state index contributed by atoms with van der Waals surface area (Å²) in [5, 5.41) is 9.90. The van der Waals surface area contributed by atoms with Crippen molar-refractivity contribution in [2.75, 3.05) is 0 Å². The Kier molecular flexibility index (Phi) is 3.90. The van der Waals surface area contributed by atoms with Gasteiger partial charge < -0.3 is 9.52 Å². The molecule has 1 fully saturated rings. The topological polar surface area (TPSA) is 76.2 Å². The molecule has 0 spiro atoms. The Labute approximate surface area is 142 Å². The second-order valence-electron chi connectivity index (χ2n) is 5.93. The summed E-state index contributed by atoms with van der Waals surface area (Å²) >= 11 is 1.58. The maximum atomic E-state index is 11.0. The SMILES string of the molecule is O=C(O)CC/C(=C\c1ncoc1C1CC1)c1nc2ccccc2s1. The molecule has 1 aromatic carbocycles. The molecule has 0 radical (unpaired) electrons. The smallest absolute Gasteiger partial charge is 0.303 e. The summed E-state index contributed by atoms with van der Waals surface area (Å²) in [6.07, 6.45) is 6.15. The summed E-state index contributed by atoms with van der Waals surface area (Å²) in [5.41, 5.74) is 2.63. The van der Waals surface area contributed by atoms with Gasteiger partial charge in [-0.25, -0.2) is 9.97 Å². The van der Waals surface area contributed by atoms with E-state index in [1.165, 1.54) is 6.39 Å². The summed E-state index contributed by atoms with van der Waals surface area (Å²) < 4.78 is 6.61. The first kappa shape index (κ1) is 15.1. The number of fused-ring (bicyclic) bond motifs is 1. The number of allylic oxidation sites excluding steroid dienone is 1. The van der Waals surface area contributed by atoms with Crippen molar-refractivity contribution in [3.63, 3.8) is 0 Å². The van der Waals surface area contributed by atoms with Crippen LogP contribution >= 0.6 is 11.3 Å². The number of carboxylic acid groups (broad SMARTS) is 1. The number of nitrogens with zero attached hydrogens (tertiary/aromatic N) is 2. The van der Waals surface area contributed by atoms with Crippen LogP contribution in [-0.4, -0.2) is 21.0 Å². The highest BCUT2D eigenvalue weighted by Crippen LogP contribution is 2.42. The molecule has 1 aliphatic carbocycles. The van der Waals surface area contributed by atoms with Crippen LogP contribution in [0.3, 0.4) is 0 Å². The van der Waals surface area contributed by atoms with E-state index >= 15 is 0 Å². The molecule has 24 heavy (non-hydrogen) atoms. The lowest BCUT2D eigenvalue weighted by atomic mass is 10.1. The van der Waals surface area contributed by atoms with E-state index in [1.807, 2.05) is 30.3 Å². The fourth-order valence-electron chi connectivity index (χ4n) is 2.68. The van der Waals surface area contributed by atoms with E-state index < -0.39 is 5.97 Å². The van der Waals surface area contributed by atoms with Gasteiger partial charge in [0.2, 0.25) is 0 Å². The molecular weight excluding hydrogens is 324 g/mol. The van der Waals surface area contributed by atoms with Crippen molar-refractivity contribution in [2.45, 2.75) is 31.6 Å². The number of aliphatic carboxylic acids is 1. The van der Waals surface area contributed by atoms with E-state index in [4.69, 9.17) is 9.52 Å². The number of carboxylic acids is 1. The van der Waals surface area contributed by atoms with Crippen molar-refractivity contribution >= 4 is 39.2 Å². The number of rotatable bonds is 6. The molecule has 1 N–H and O–H groups in total. The molecule has 0 atom stereocenters. The maximum absolute atomic E-state index is 11.0. The molecule has 1 aliphatic rings. The van der Waals surface area contributed by atoms with Crippen molar-refractivity contribution in [3.8, 4) is 0 Å². The lowest BCUT2D eigenvalue weighted by molar-refractivity contribution is -0.136. The summed E-state index contributed by atoms with van der Waals surface area (Å²) in [6.45, 7) is 0. The minimum absolute atomic E-state index is 0.0678. The number of para-hydroxylation sites is 1. The molecule has 5 nitrogen and oxygen atoms in total. The average Bonchev–Trinajstić information content (AvgIpc) is 3.15. The zero-order valence-corrected chi connectivity index (χ0v) is 13.8. The Morgan fingerprint density at radius 1 is 1.33 bits per heavy atom. The van der Waals surface area contributed by atoms with Crippen LogP contribution in [-0.2, 0) is 4.79 Å². The van der Waals surface area contributed by atoms with Gasteiger partial charge in [0.15, 0.2) is 6.39 Å². The van der Waals surface area contributed by atoms with Crippen LogP contribution in [0.4, 0.5) is 0 Å². The quantitative estimate of drug-likeness (QED) is 0.711. The fourth-order valence-corrected chi connectivity index (χ4v) is 3.69. The van der Waals surface area contributed by atoms with Gasteiger partial charge in [-0.3, -0.25) is 4.79 Å². The largest absolute Gasteiger partial charge is 0.481 e. The molecule has 122 valence electrons. The van der Waals surface area contributed by atoms with Crippen molar-refractivity contribution in [3.05, 3.63) is 47.1 Å². The standard InChI is InChI=1S/C18H16N2O3S/c21-16(22)8-7-12(9-14-17(11-5-6-11)23-10-19-14)18-20-13-3-1-2-4-15(13)24-18/h1-4,9-11H,5-8H2,(H,21,22)/b12-9+. The molecule has 2 aromatic heterocycles. The molecule has 0 bridgehead atoms. The van der Waals surface area contributed by atoms with Crippen LogP contribution in [0, 0.1) is 0 Å². The Hall–Kier alpha value is -2.47. The number of oxazole rings is 1. The van der Waals surface area contributed by atoms with E-state index in [9.17, 15) is 4.79 Å². The molecular formula is C18H16N2O3S. The van der Waals surface area contributed by atoms with Crippen molar-refractivity contribution in [1.82, 2.24) is 9.97 Å². The molecule has 0 saturated heterocycles. The second-order valence-corrected chi connectivity index (χ2v) is 6.96. The molecule has 3 aromatic rings. The molecule has 4 rings (SSSR count). The number of benzene rings is 1. The van der Waals surface area contributed by atoms with Gasteiger partial charge in [-0.2, -0.15) is 0 Å². The predicted octanol–water partition coefficient (Wildman–Crippen LogP) is 4.57. The van der Waals surface area contributed by atoms with Gasteiger partial charge in [0.05, 0.1) is 10.2 Å². The van der Waals surface area contributed by atoms with E-state index in [-0.39, 0.29) is 6.42 Å². The first-order chi connectivity index (χ1) is 11.7. The van der Waals surface area contributed by atoms with Crippen molar-refractivity contribution in [1.29, 1.82) is 0 Å². The van der Waals surface area contributed by atoms with E-state index in [0.29, 0.717) is 12.3 Å². The van der Waals surface area contributed by atoms with Crippen LogP contribution in [0.1, 0.15) is 48.1 Å². The van der Waals surface area contributed by atoms with Crippen molar-refractivity contribution < 1.29 is 14.3 Å². The van der Waals surface area contributed by atoms with Crippen LogP contribution in [0.5, 0.6) is 0 Å². The minimum atomic E-state index is -0.815. The molecule has 6 heteroatoms. The van der Waals surface area contributed by atoms with E-state index in [1.54, 1.807) is 11.3 Å². The normalized spacial score (nSPS) is 15.1. The van der Waals surface area contributed by atoms with E-state index in [2.05, 4.69) is 9.97 Å². The van der Waals surface area contributed by atoms with E-state index in [0.717, 1.165) is 45.1 Å². The van der Waals surface area contributed by atoms with Gasteiger partial charge in [-0.05, 0) is 43.0 Å². The van der Waals surface area contributed by atoms with Crippen LogP contribution < -0.4 is 0 Å². The Balaban J connectivity index is 1.73.